The summed E-state index contributed by atoms with van der Waals surface area (Å²) in [6.45, 7) is 2.21. The SMILES string of the molecule is CC(=O)Nc1ccc(S(=O)(=O)N2CCCC(C(=O)N(C)CCC#N)C2)cc1. The summed E-state index contributed by atoms with van der Waals surface area (Å²) in [5.74, 6) is -0.773. The molecule has 9 heteroatoms. The summed E-state index contributed by atoms with van der Waals surface area (Å²) < 4.78 is 27.1. The molecule has 0 radical (unpaired) electrons. The first-order valence-corrected chi connectivity index (χ1v) is 10.2. The summed E-state index contributed by atoms with van der Waals surface area (Å²) in [4.78, 5) is 25.2. The molecule has 1 unspecified atom stereocenters. The fraction of sp³-hybridized carbons (Fsp3) is 0.500. The number of carbonyl (C=O) groups excluding carboxylic acids is 2. The van der Waals surface area contributed by atoms with Crippen molar-refractivity contribution in [3.05, 3.63) is 24.3 Å². The second kappa shape index (κ2) is 8.97. The van der Waals surface area contributed by atoms with Crippen molar-refractivity contribution in [3.8, 4) is 6.07 Å². The summed E-state index contributed by atoms with van der Waals surface area (Å²) >= 11 is 0. The van der Waals surface area contributed by atoms with Crippen LogP contribution in [-0.2, 0) is 19.6 Å². The van der Waals surface area contributed by atoms with Crippen molar-refractivity contribution in [1.82, 2.24) is 9.21 Å². The van der Waals surface area contributed by atoms with Gasteiger partial charge >= 0.3 is 0 Å². The Morgan fingerprint density at radius 3 is 2.59 bits per heavy atom. The minimum absolute atomic E-state index is 0.127. The smallest absolute Gasteiger partial charge is 0.243 e. The molecule has 1 aliphatic rings. The predicted molar refractivity (Wildman–Crippen MR) is 100 cm³/mol. The molecular formula is C18H24N4O4S. The van der Waals surface area contributed by atoms with Crippen molar-refractivity contribution < 1.29 is 18.0 Å². The molecule has 0 spiro atoms. The van der Waals surface area contributed by atoms with Crippen molar-refractivity contribution in [2.45, 2.75) is 31.1 Å². The number of anilines is 1. The number of rotatable bonds is 6. The van der Waals surface area contributed by atoms with Gasteiger partial charge in [-0.1, -0.05) is 0 Å². The van der Waals surface area contributed by atoms with Gasteiger partial charge in [-0.15, -0.1) is 0 Å². The molecule has 1 heterocycles. The van der Waals surface area contributed by atoms with Crippen molar-refractivity contribution in [2.24, 2.45) is 5.92 Å². The van der Waals surface area contributed by atoms with Crippen LogP contribution in [0.5, 0.6) is 0 Å². The van der Waals surface area contributed by atoms with Gasteiger partial charge in [-0.25, -0.2) is 8.42 Å². The van der Waals surface area contributed by atoms with Crippen LogP contribution in [0, 0.1) is 17.2 Å². The van der Waals surface area contributed by atoms with Crippen LogP contribution in [-0.4, -0.2) is 56.1 Å². The first-order chi connectivity index (χ1) is 12.8. The number of piperidine rings is 1. The minimum atomic E-state index is -3.72. The molecule has 1 aliphatic heterocycles. The third kappa shape index (κ3) is 5.28. The lowest BCUT2D eigenvalue weighted by atomic mass is 9.98. The van der Waals surface area contributed by atoms with E-state index in [1.54, 1.807) is 7.05 Å². The average Bonchev–Trinajstić information content (AvgIpc) is 2.65. The number of amides is 2. The molecule has 1 saturated heterocycles. The van der Waals surface area contributed by atoms with Crippen LogP contribution in [0.2, 0.25) is 0 Å². The molecule has 0 aromatic heterocycles. The monoisotopic (exact) mass is 392 g/mol. The van der Waals surface area contributed by atoms with Gasteiger partial charge in [0.1, 0.15) is 0 Å². The first kappa shape index (κ1) is 20.9. The molecule has 1 N–H and O–H groups in total. The quantitative estimate of drug-likeness (QED) is 0.787. The fourth-order valence-electron chi connectivity index (χ4n) is 3.06. The molecule has 0 aliphatic carbocycles. The first-order valence-electron chi connectivity index (χ1n) is 8.75. The van der Waals surface area contributed by atoms with Crippen molar-refractivity contribution in [3.63, 3.8) is 0 Å². The topological polar surface area (TPSA) is 111 Å². The molecule has 1 aromatic rings. The van der Waals surface area contributed by atoms with Crippen LogP contribution in [0.15, 0.2) is 29.2 Å². The Balaban J connectivity index is 2.10. The lowest BCUT2D eigenvalue weighted by Crippen LogP contribution is -2.46. The Labute approximate surface area is 159 Å². The second-order valence-corrected chi connectivity index (χ2v) is 8.51. The van der Waals surface area contributed by atoms with Gasteiger partial charge in [0.05, 0.1) is 23.3 Å². The number of carbonyl (C=O) groups is 2. The van der Waals surface area contributed by atoms with Gasteiger partial charge in [0, 0.05) is 39.3 Å². The van der Waals surface area contributed by atoms with Crippen molar-refractivity contribution >= 4 is 27.5 Å². The molecule has 1 aromatic carbocycles. The van der Waals surface area contributed by atoms with E-state index in [4.69, 9.17) is 5.26 Å². The number of nitrogens with zero attached hydrogens (tertiary/aromatic N) is 3. The number of hydrogen-bond donors (Lipinski definition) is 1. The second-order valence-electron chi connectivity index (χ2n) is 6.58. The van der Waals surface area contributed by atoms with E-state index in [-0.39, 0.29) is 29.7 Å². The Bertz CT molecular complexity index is 830. The van der Waals surface area contributed by atoms with E-state index in [2.05, 4.69) is 5.32 Å². The van der Waals surface area contributed by atoms with Gasteiger partial charge < -0.3 is 10.2 Å². The van der Waals surface area contributed by atoms with E-state index in [9.17, 15) is 18.0 Å². The molecule has 1 fully saturated rings. The normalized spacial score (nSPS) is 17.7. The molecule has 27 heavy (non-hydrogen) atoms. The molecular weight excluding hydrogens is 368 g/mol. The number of sulfonamides is 1. The van der Waals surface area contributed by atoms with Gasteiger partial charge in [-0.05, 0) is 37.1 Å². The summed E-state index contributed by atoms with van der Waals surface area (Å²) in [5, 5.41) is 11.2. The van der Waals surface area contributed by atoms with E-state index in [1.807, 2.05) is 6.07 Å². The summed E-state index contributed by atoms with van der Waals surface area (Å²) in [7, 11) is -2.09. The van der Waals surface area contributed by atoms with Crippen LogP contribution >= 0.6 is 0 Å². The van der Waals surface area contributed by atoms with Gasteiger partial charge in [0.2, 0.25) is 21.8 Å². The Hall–Kier alpha value is -2.44. The Kier molecular flexibility index (Phi) is 6.93. The minimum Gasteiger partial charge on any atom is -0.344 e. The number of nitrogens with one attached hydrogen (secondary N) is 1. The van der Waals surface area contributed by atoms with Crippen LogP contribution in [0.3, 0.4) is 0 Å². The maximum atomic E-state index is 12.9. The number of hydrogen-bond acceptors (Lipinski definition) is 5. The van der Waals surface area contributed by atoms with E-state index in [0.717, 1.165) is 0 Å². The molecule has 2 rings (SSSR count). The van der Waals surface area contributed by atoms with Crippen molar-refractivity contribution in [1.29, 1.82) is 5.26 Å². The largest absolute Gasteiger partial charge is 0.344 e. The van der Waals surface area contributed by atoms with Gasteiger partial charge in [0.25, 0.3) is 0 Å². The molecule has 0 bridgehead atoms. The summed E-state index contributed by atoms with van der Waals surface area (Å²) in [5.41, 5.74) is 0.521. The van der Waals surface area contributed by atoms with Gasteiger partial charge in [-0.2, -0.15) is 9.57 Å². The number of nitriles is 1. The van der Waals surface area contributed by atoms with Crippen LogP contribution < -0.4 is 5.32 Å². The van der Waals surface area contributed by atoms with Crippen LogP contribution in [0.1, 0.15) is 26.2 Å². The molecule has 1 atom stereocenters. The highest BCUT2D eigenvalue weighted by atomic mass is 32.2. The number of benzene rings is 1. The lowest BCUT2D eigenvalue weighted by Gasteiger charge is -2.33. The standard InChI is InChI=1S/C18H24N4O4S/c1-14(23)20-16-6-8-17(9-7-16)27(25,26)22-12-3-5-15(13-22)18(24)21(2)11-4-10-19/h6-9,15H,3-5,11-13H2,1-2H3,(H,20,23). The van der Waals surface area contributed by atoms with Crippen LogP contribution in [0.4, 0.5) is 5.69 Å². The van der Waals surface area contributed by atoms with E-state index < -0.39 is 15.9 Å². The maximum Gasteiger partial charge on any atom is 0.243 e. The highest BCUT2D eigenvalue weighted by Gasteiger charge is 2.34. The lowest BCUT2D eigenvalue weighted by molar-refractivity contribution is -0.135. The predicted octanol–water partition coefficient (Wildman–Crippen LogP) is 1.42. The zero-order valence-corrected chi connectivity index (χ0v) is 16.3. The molecule has 8 nitrogen and oxygen atoms in total. The molecule has 0 saturated carbocycles. The van der Waals surface area contributed by atoms with E-state index >= 15 is 0 Å². The molecule has 146 valence electrons. The van der Waals surface area contributed by atoms with Gasteiger partial charge in [-0.3, -0.25) is 9.59 Å². The average molecular weight is 392 g/mol. The Morgan fingerprint density at radius 1 is 1.33 bits per heavy atom. The highest BCUT2D eigenvalue weighted by molar-refractivity contribution is 7.89. The maximum absolute atomic E-state index is 12.9. The molecule has 2 amide bonds. The fourth-order valence-corrected chi connectivity index (χ4v) is 4.59. The van der Waals surface area contributed by atoms with Gasteiger partial charge in [0.15, 0.2) is 0 Å². The Morgan fingerprint density at radius 2 is 2.00 bits per heavy atom. The zero-order chi connectivity index (χ0) is 20.0. The third-order valence-electron chi connectivity index (χ3n) is 4.48. The van der Waals surface area contributed by atoms with E-state index in [1.165, 1.54) is 40.4 Å². The summed E-state index contributed by atoms with van der Waals surface area (Å²) in [6.07, 6.45) is 1.48. The highest BCUT2D eigenvalue weighted by Crippen LogP contribution is 2.25. The van der Waals surface area contributed by atoms with E-state index in [0.29, 0.717) is 31.6 Å². The van der Waals surface area contributed by atoms with Crippen molar-refractivity contribution in [2.75, 3.05) is 32.0 Å². The summed E-state index contributed by atoms with van der Waals surface area (Å²) in [6, 6.07) is 7.98. The van der Waals surface area contributed by atoms with Crippen LogP contribution in [0.25, 0.3) is 0 Å². The third-order valence-corrected chi connectivity index (χ3v) is 6.36. The zero-order valence-electron chi connectivity index (χ0n) is 15.5.